The second-order valence-electron chi connectivity index (χ2n) is 4.52. The first-order valence-corrected chi connectivity index (χ1v) is 6.09. The molecule has 7 heteroatoms. The minimum Gasteiger partial charge on any atom is -0.314 e. The van der Waals surface area contributed by atoms with Gasteiger partial charge in [-0.05, 0) is 24.1 Å². The number of halogens is 5. The SMILES string of the molecule is Cc1c(F)cccc1[C@@H](C(F)F)N1CCNCC1.Cl.Cl. The van der Waals surface area contributed by atoms with Crippen molar-refractivity contribution in [3.63, 3.8) is 0 Å². The number of benzene rings is 1. The average molecular weight is 331 g/mol. The zero-order chi connectivity index (χ0) is 13.1. The van der Waals surface area contributed by atoms with Gasteiger partial charge in [-0.15, -0.1) is 24.8 Å². The molecule has 0 aliphatic carbocycles. The Labute approximate surface area is 129 Å². The molecule has 2 rings (SSSR count). The number of nitrogens with zero attached hydrogens (tertiary/aromatic N) is 1. The molecule has 1 fully saturated rings. The van der Waals surface area contributed by atoms with Gasteiger partial charge >= 0.3 is 0 Å². The van der Waals surface area contributed by atoms with E-state index in [1.54, 1.807) is 17.9 Å². The van der Waals surface area contributed by atoms with Crippen molar-refractivity contribution in [2.75, 3.05) is 26.2 Å². The predicted molar refractivity (Wildman–Crippen MR) is 78.8 cm³/mol. The zero-order valence-electron chi connectivity index (χ0n) is 11.1. The second kappa shape index (κ2) is 8.72. The lowest BCUT2D eigenvalue weighted by molar-refractivity contribution is 0.0177. The van der Waals surface area contributed by atoms with Crippen LogP contribution < -0.4 is 5.32 Å². The molecule has 1 saturated heterocycles. The first-order valence-electron chi connectivity index (χ1n) is 6.09. The van der Waals surface area contributed by atoms with E-state index in [-0.39, 0.29) is 24.8 Å². The largest absolute Gasteiger partial charge is 0.314 e. The molecule has 1 N–H and O–H groups in total. The molecule has 1 heterocycles. The van der Waals surface area contributed by atoms with Crippen LogP contribution in [0.3, 0.4) is 0 Å². The van der Waals surface area contributed by atoms with Crippen LogP contribution in [0.25, 0.3) is 0 Å². The second-order valence-corrected chi connectivity index (χ2v) is 4.52. The van der Waals surface area contributed by atoms with E-state index in [2.05, 4.69) is 5.32 Å². The van der Waals surface area contributed by atoms with Crippen molar-refractivity contribution in [3.05, 3.63) is 35.1 Å². The maximum Gasteiger partial charge on any atom is 0.258 e. The number of rotatable bonds is 3. The van der Waals surface area contributed by atoms with Crippen LogP contribution in [0.5, 0.6) is 0 Å². The van der Waals surface area contributed by atoms with Crippen LogP contribution in [0.4, 0.5) is 13.2 Å². The zero-order valence-corrected chi connectivity index (χ0v) is 12.7. The molecule has 2 nitrogen and oxygen atoms in total. The maximum atomic E-state index is 13.5. The Hall–Kier alpha value is -0.490. The Kier molecular flexibility index (Phi) is 8.51. The third-order valence-corrected chi connectivity index (χ3v) is 3.41. The van der Waals surface area contributed by atoms with Gasteiger partial charge in [0.2, 0.25) is 0 Å². The van der Waals surface area contributed by atoms with Gasteiger partial charge < -0.3 is 5.32 Å². The van der Waals surface area contributed by atoms with Crippen molar-refractivity contribution in [1.82, 2.24) is 10.2 Å². The smallest absolute Gasteiger partial charge is 0.258 e. The Bertz CT molecular complexity index is 413. The summed E-state index contributed by atoms with van der Waals surface area (Å²) in [4.78, 5) is 1.73. The highest BCUT2D eigenvalue weighted by Gasteiger charge is 2.31. The van der Waals surface area contributed by atoms with Crippen molar-refractivity contribution in [3.8, 4) is 0 Å². The summed E-state index contributed by atoms with van der Waals surface area (Å²) in [6, 6.07) is 3.38. The Morgan fingerprint density at radius 1 is 1.15 bits per heavy atom. The summed E-state index contributed by atoms with van der Waals surface area (Å²) in [5.74, 6) is -0.423. The molecule has 1 aliphatic rings. The number of alkyl halides is 2. The van der Waals surface area contributed by atoms with Crippen molar-refractivity contribution >= 4 is 24.8 Å². The lowest BCUT2D eigenvalue weighted by Gasteiger charge is -2.35. The average Bonchev–Trinajstić information content (AvgIpc) is 2.36. The van der Waals surface area contributed by atoms with Crippen LogP contribution in [0.15, 0.2) is 18.2 Å². The van der Waals surface area contributed by atoms with E-state index in [0.29, 0.717) is 37.3 Å². The van der Waals surface area contributed by atoms with E-state index in [1.165, 1.54) is 12.1 Å². The molecule has 1 atom stereocenters. The van der Waals surface area contributed by atoms with Crippen molar-refractivity contribution in [1.29, 1.82) is 0 Å². The molecule has 0 radical (unpaired) electrons. The van der Waals surface area contributed by atoms with Gasteiger partial charge in [-0.1, -0.05) is 12.1 Å². The minimum absolute atomic E-state index is 0. The summed E-state index contributed by atoms with van der Waals surface area (Å²) in [6.45, 7) is 4.06. The molecule has 0 saturated carbocycles. The molecule has 0 spiro atoms. The van der Waals surface area contributed by atoms with E-state index >= 15 is 0 Å². The van der Waals surface area contributed by atoms with Crippen LogP contribution in [0.1, 0.15) is 17.2 Å². The molecule has 0 aromatic heterocycles. The van der Waals surface area contributed by atoms with E-state index < -0.39 is 18.3 Å². The Balaban J connectivity index is 0.00000180. The molecule has 116 valence electrons. The summed E-state index contributed by atoms with van der Waals surface area (Å²) < 4.78 is 40.1. The molecular weight excluding hydrogens is 312 g/mol. The molecular formula is C13H19Cl2F3N2. The molecule has 0 unspecified atom stereocenters. The Morgan fingerprint density at radius 3 is 2.30 bits per heavy atom. The van der Waals surface area contributed by atoms with Gasteiger partial charge in [-0.25, -0.2) is 13.2 Å². The first-order chi connectivity index (χ1) is 8.61. The van der Waals surface area contributed by atoms with Gasteiger partial charge in [0.25, 0.3) is 6.43 Å². The van der Waals surface area contributed by atoms with Crippen molar-refractivity contribution in [2.45, 2.75) is 19.4 Å². The monoisotopic (exact) mass is 330 g/mol. The molecule has 1 aromatic carbocycles. The predicted octanol–water partition coefficient (Wildman–Crippen LogP) is 3.19. The highest BCUT2D eigenvalue weighted by molar-refractivity contribution is 5.85. The van der Waals surface area contributed by atoms with E-state index in [1.807, 2.05) is 0 Å². The number of nitrogens with one attached hydrogen (secondary N) is 1. The number of hydrogen-bond acceptors (Lipinski definition) is 2. The quantitative estimate of drug-likeness (QED) is 0.915. The fourth-order valence-electron chi connectivity index (χ4n) is 2.40. The van der Waals surface area contributed by atoms with Crippen molar-refractivity contribution < 1.29 is 13.2 Å². The maximum absolute atomic E-state index is 13.5. The van der Waals surface area contributed by atoms with Crippen LogP contribution in [0, 0.1) is 12.7 Å². The standard InChI is InChI=1S/C13H17F3N2.2ClH/c1-9-10(3-2-4-11(9)14)12(13(15)16)18-7-5-17-6-8-18;;/h2-4,12-13,17H,5-8H2,1H3;2*1H/t12-;;/m0../s1. The molecule has 0 amide bonds. The fraction of sp³-hybridized carbons (Fsp3) is 0.538. The normalized spacial score (nSPS) is 17.2. The van der Waals surface area contributed by atoms with Crippen LogP contribution in [-0.4, -0.2) is 37.5 Å². The van der Waals surface area contributed by atoms with E-state index in [0.717, 1.165) is 0 Å². The summed E-state index contributed by atoms with van der Waals surface area (Å²) in [5, 5.41) is 3.13. The van der Waals surface area contributed by atoms with Gasteiger partial charge in [0.05, 0.1) is 6.04 Å². The molecule has 0 bridgehead atoms. The summed E-state index contributed by atoms with van der Waals surface area (Å²) in [5.41, 5.74) is 0.716. The van der Waals surface area contributed by atoms with Gasteiger partial charge in [0, 0.05) is 26.2 Å². The van der Waals surface area contributed by atoms with Crippen LogP contribution >= 0.6 is 24.8 Å². The third-order valence-electron chi connectivity index (χ3n) is 3.41. The van der Waals surface area contributed by atoms with Crippen LogP contribution in [0.2, 0.25) is 0 Å². The lowest BCUT2D eigenvalue weighted by Crippen LogP contribution is -2.47. The fourth-order valence-corrected chi connectivity index (χ4v) is 2.40. The molecule has 1 aliphatic heterocycles. The topological polar surface area (TPSA) is 15.3 Å². The van der Waals surface area contributed by atoms with Gasteiger partial charge in [0.15, 0.2) is 0 Å². The lowest BCUT2D eigenvalue weighted by atomic mass is 9.99. The summed E-state index contributed by atoms with van der Waals surface area (Å²) in [6.07, 6.45) is -2.51. The van der Waals surface area contributed by atoms with Gasteiger partial charge in [-0.2, -0.15) is 0 Å². The van der Waals surface area contributed by atoms with Crippen molar-refractivity contribution in [2.24, 2.45) is 0 Å². The highest BCUT2D eigenvalue weighted by atomic mass is 35.5. The van der Waals surface area contributed by atoms with E-state index in [4.69, 9.17) is 0 Å². The summed E-state index contributed by atoms with van der Waals surface area (Å²) in [7, 11) is 0. The molecule has 1 aromatic rings. The van der Waals surface area contributed by atoms with Gasteiger partial charge in [0.1, 0.15) is 5.82 Å². The minimum atomic E-state index is -2.51. The van der Waals surface area contributed by atoms with Crippen LogP contribution in [-0.2, 0) is 0 Å². The number of piperazine rings is 1. The molecule has 20 heavy (non-hydrogen) atoms. The van der Waals surface area contributed by atoms with E-state index in [9.17, 15) is 13.2 Å². The third kappa shape index (κ3) is 4.25. The highest BCUT2D eigenvalue weighted by Crippen LogP contribution is 2.30. The summed E-state index contributed by atoms with van der Waals surface area (Å²) >= 11 is 0. The Morgan fingerprint density at radius 2 is 1.75 bits per heavy atom. The van der Waals surface area contributed by atoms with Gasteiger partial charge in [-0.3, -0.25) is 4.90 Å². The first kappa shape index (κ1) is 19.5. The number of hydrogen-bond donors (Lipinski definition) is 1.